The molecule has 2 unspecified atom stereocenters. The Bertz CT molecular complexity index is 233. The number of carboxylic acid groups (broad SMARTS) is 3. The van der Waals surface area contributed by atoms with Crippen LogP contribution in [0.15, 0.2) is 0 Å². The van der Waals surface area contributed by atoms with Gasteiger partial charge in [0.15, 0.2) is 0 Å². The molecule has 0 amide bonds. The minimum atomic E-state index is -2.41. The van der Waals surface area contributed by atoms with E-state index >= 15 is 0 Å². The van der Waals surface area contributed by atoms with Gasteiger partial charge in [-0.2, -0.15) is 0 Å². The highest BCUT2D eigenvalue weighted by Crippen LogP contribution is 2.06. The molecule has 0 aromatic rings. The van der Waals surface area contributed by atoms with Crippen LogP contribution in [0.1, 0.15) is 6.42 Å². The molecule has 0 saturated carbocycles. The third-order valence-electron chi connectivity index (χ3n) is 1.31. The summed E-state index contributed by atoms with van der Waals surface area (Å²) in [4.78, 5) is 30.0. The van der Waals surface area contributed by atoms with Crippen LogP contribution in [0.5, 0.6) is 0 Å². The smallest absolute Gasteiger partial charge is 0.102 e. The molecule has 0 spiro atoms. The molecular formula is C6H5O7-3. The lowest BCUT2D eigenvalue weighted by molar-refractivity contribution is -0.334. The van der Waals surface area contributed by atoms with Gasteiger partial charge in [0, 0.05) is 17.9 Å². The number of carbonyl (C=O) groups excluding carboxylic acids is 3. The molecule has 0 aromatic heterocycles. The Balaban J connectivity index is 4.51. The van der Waals surface area contributed by atoms with Crippen LogP contribution < -0.4 is 15.3 Å². The van der Waals surface area contributed by atoms with E-state index in [0.717, 1.165) is 0 Å². The van der Waals surface area contributed by atoms with E-state index in [0.29, 0.717) is 0 Å². The maximum atomic E-state index is 10.1. The van der Waals surface area contributed by atoms with Crippen LogP contribution in [0.4, 0.5) is 0 Å². The van der Waals surface area contributed by atoms with E-state index in [4.69, 9.17) is 5.11 Å². The lowest BCUT2D eigenvalue weighted by Crippen LogP contribution is -2.49. The molecule has 0 aromatic carbocycles. The van der Waals surface area contributed by atoms with Crippen molar-refractivity contribution in [1.82, 2.24) is 0 Å². The Labute approximate surface area is 72.2 Å². The van der Waals surface area contributed by atoms with Gasteiger partial charge in [-0.15, -0.1) is 0 Å². The van der Waals surface area contributed by atoms with Crippen molar-refractivity contribution in [3.05, 3.63) is 0 Å². The van der Waals surface area contributed by atoms with Crippen molar-refractivity contribution >= 4 is 17.9 Å². The van der Waals surface area contributed by atoms with Gasteiger partial charge >= 0.3 is 0 Å². The summed E-state index contributed by atoms with van der Waals surface area (Å²) in [6.45, 7) is 0. The molecule has 0 bridgehead atoms. The highest BCUT2D eigenvalue weighted by molar-refractivity contribution is 5.82. The van der Waals surface area contributed by atoms with Gasteiger partial charge < -0.3 is 34.8 Å². The Morgan fingerprint density at radius 3 is 1.77 bits per heavy atom. The summed E-state index contributed by atoms with van der Waals surface area (Å²) in [6, 6.07) is 0. The van der Waals surface area contributed by atoms with Crippen LogP contribution in [-0.4, -0.2) is 29.1 Å². The maximum absolute atomic E-state index is 10.1. The predicted molar refractivity (Wildman–Crippen MR) is 29.1 cm³/mol. The Morgan fingerprint density at radius 1 is 1.08 bits per heavy atom. The zero-order chi connectivity index (χ0) is 10.6. The lowest BCUT2D eigenvalue weighted by Gasteiger charge is -2.24. The van der Waals surface area contributed by atoms with Gasteiger partial charge in [-0.05, 0) is 6.42 Å². The molecule has 7 nitrogen and oxygen atoms in total. The van der Waals surface area contributed by atoms with Gasteiger partial charge in [-0.1, -0.05) is 0 Å². The number of aliphatic carboxylic acids is 3. The van der Waals surface area contributed by atoms with E-state index in [1.807, 2.05) is 0 Å². The highest BCUT2D eigenvalue weighted by atomic mass is 16.4. The summed E-state index contributed by atoms with van der Waals surface area (Å²) in [5.74, 6) is -7.92. The molecule has 0 rings (SSSR count). The standard InChI is InChI=1S/C6H8O7/c7-3(8)1-2(5(10)11)4(9)6(12)13/h2,4,9H,1H2,(H,7,8)(H,10,11)(H,12,13)/p-3. The van der Waals surface area contributed by atoms with Gasteiger partial charge in [0.25, 0.3) is 0 Å². The van der Waals surface area contributed by atoms with Crippen LogP contribution >= 0.6 is 0 Å². The van der Waals surface area contributed by atoms with Crippen LogP contribution in [0.2, 0.25) is 0 Å². The summed E-state index contributed by atoms with van der Waals surface area (Å²) in [7, 11) is 0. The molecule has 0 radical (unpaired) electrons. The van der Waals surface area contributed by atoms with Gasteiger partial charge in [0.1, 0.15) is 6.10 Å². The summed E-state index contributed by atoms with van der Waals surface area (Å²) in [5, 5.41) is 38.6. The van der Waals surface area contributed by atoms with Crippen LogP contribution in [-0.2, 0) is 14.4 Å². The first-order valence-electron chi connectivity index (χ1n) is 3.16. The van der Waals surface area contributed by atoms with Crippen LogP contribution in [0, 0.1) is 5.92 Å². The molecule has 74 valence electrons. The molecule has 0 aliphatic carbocycles. The van der Waals surface area contributed by atoms with Crippen molar-refractivity contribution in [2.45, 2.75) is 12.5 Å². The zero-order valence-corrected chi connectivity index (χ0v) is 6.26. The highest BCUT2D eigenvalue weighted by Gasteiger charge is 2.21. The van der Waals surface area contributed by atoms with Crippen molar-refractivity contribution in [3.8, 4) is 0 Å². The SMILES string of the molecule is O=C([O-])CC(C(=O)[O-])C(O)C(=O)[O-]. The fourth-order valence-corrected chi connectivity index (χ4v) is 0.668. The lowest BCUT2D eigenvalue weighted by atomic mass is 9.99. The van der Waals surface area contributed by atoms with E-state index in [1.165, 1.54) is 0 Å². The number of hydrogen-bond acceptors (Lipinski definition) is 7. The predicted octanol–water partition coefficient (Wildman–Crippen LogP) is -5.40. The molecule has 2 atom stereocenters. The van der Waals surface area contributed by atoms with Crippen molar-refractivity contribution in [2.24, 2.45) is 5.92 Å². The number of hydrogen-bond donors (Lipinski definition) is 1. The second-order valence-electron chi connectivity index (χ2n) is 2.27. The third kappa shape index (κ3) is 3.52. The number of carbonyl (C=O) groups is 3. The average Bonchev–Trinajstić information content (AvgIpc) is 1.97. The van der Waals surface area contributed by atoms with Crippen LogP contribution in [0.25, 0.3) is 0 Å². The van der Waals surface area contributed by atoms with E-state index < -0.39 is 36.4 Å². The molecular weight excluding hydrogens is 184 g/mol. The third-order valence-corrected chi connectivity index (χ3v) is 1.31. The van der Waals surface area contributed by atoms with Crippen molar-refractivity contribution in [2.75, 3.05) is 0 Å². The summed E-state index contributed by atoms with van der Waals surface area (Å²) >= 11 is 0. The van der Waals surface area contributed by atoms with Gasteiger partial charge in [-0.25, -0.2) is 0 Å². The quantitative estimate of drug-likeness (QED) is 0.454. The normalized spacial score (nSPS) is 14.5. The minimum absolute atomic E-state index is 1.14. The molecule has 0 fully saturated rings. The largest absolute Gasteiger partial charge is 0.550 e. The Kier molecular flexibility index (Phi) is 3.86. The minimum Gasteiger partial charge on any atom is -0.550 e. The fraction of sp³-hybridized carbons (Fsp3) is 0.500. The van der Waals surface area contributed by atoms with E-state index in [-0.39, 0.29) is 0 Å². The second-order valence-corrected chi connectivity index (χ2v) is 2.27. The first-order chi connectivity index (χ1) is 5.86. The maximum Gasteiger partial charge on any atom is 0.102 e. The number of carboxylic acids is 3. The van der Waals surface area contributed by atoms with Crippen molar-refractivity contribution < 1.29 is 34.8 Å². The van der Waals surface area contributed by atoms with Gasteiger partial charge in [0.2, 0.25) is 0 Å². The Morgan fingerprint density at radius 2 is 1.54 bits per heavy atom. The number of aliphatic hydroxyl groups is 1. The summed E-state index contributed by atoms with van der Waals surface area (Å²) in [5.41, 5.74) is 0. The van der Waals surface area contributed by atoms with E-state index in [9.17, 15) is 29.7 Å². The molecule has 13 heavy (non-hydrogen) atoms. The fourth-order valence-electron chi connectivity index (χ4n) is 0.668. The average molecular weight is 189 g/mol. The Hall–Kier alpha value is -1.63. The molecule has 0 saturated heterocycles. The molecule has 0 aliphatic rings. The molecule has 7 heteroatoms. The first kappa shape index (κ1) is 11.4. The summed E-state index contributed by atoms with van der Waals surface area (Å²) < 4.78 is 0. The van der Waals surface area contributed by atoms with Crippen molar-refractivity contribution in [1.29, 1.82) is 0 Å². The van der Waals surface area contributed by atoms with Gasteiger partial charge in [-0.3, -0.25) is 0 Å². The molecule has 0 heterocycles. The molecule has 0 aliphatic heterocycles. The van der Waals surface area contributed by atoms with Gasteiger partial charge in [0.05, 0.1) is 5.97 Å². The van der Waals surface area contributed by atoms with Crippen LogP contribution in [0.3, 0.4) is 0 Å². The monoisotopic (exact) mass is 189 g/mol. The number of aliphatic hydroxyl groups excluding tert-OH is 1. The summed E-state index contributed by atoms with van der Waals surface area (Å²) in [6.07, 6.45) is -3.56. The first-order valence-corrected chi connectivity index (χ1v) is 3.16. The van der Waals surface area contributed by atoms with Crippen molar-refractivity contribution in [3.63, 3.8) is 0 Å². The van der Waals surface area contributed by atoms with E-state index in [1.54, 1.807) is 0 Å². The second kappa shape index (κ2) is 4.41. The molecule has 1 N–H and O–H groups in total. The topological polar surface area (TPSA) is 141 Å². The van der Waals surface area contributed by atoms with E-state index in [2.05, 4.69) is 0 Å². The zero-order valence-electron chi connectivity index (χ0n) is 6.26. The number of rotatable bonds is 5.